The molecule has 0 aliphatic rings. The summed E-state index contributed by atoms with van der Waals surface area (Å²) in [5, 5.41) is 2.49. The van der Waals surface area contributed by atoms with Gasteiger partial charge in [-0.2, -0.15) is 13.2 Å². The number of halogens is 3. The molecule has 0 heterocycles. The Balaban J connectivity index is 2.59. The van der Waals surface area contributed by atoms with E-state index in [9.17, 15) is 18.0 Å². The van der Waals surface area contributed by atoms with E-state index in [4.69, 9.17) is 5.73 Å². The number of carbonyl (C=O) groups is 1. The van der Waals surface area contributed by atoms with E-state index in [-0.39, 0.29) is 6.54 Å². The lowest BCUT2D eigenvalue weighted by Crippen LogP contribution is -2.31. The second-order valence-corrected chi connectivity index (χ2v) is 3.92. The van der Waals surface area contributed by atoms with Gasteiger partial charge in [0.05, 0.1) is 0 Å². The number of amides is 1. The summed E-state index contributed by atoms with van der Waals surface area (Å²) in [6.45, 7) is 0.0144. The summed E-state index contributed by atoms with van der Waals surface area (Å²) >= 11 is 0. The van der Waals surface area contributed by atoms with Crippen molar-refractivity contribution in [3.8, 4) is 0 Å². The first-order chi connectivity index (χ1) is 8.83. The van der Waals surface area contributed by atoms with Crippen molar-refractivity contribution in [1.29, 1.82) is 0 Å². The molecule has 0 spiro atoms. The molecule has 0 fully saturated rings. The van der Waals surface area contributed by atoms with Crippen LogP contribution in [0.2, 0.25) is 0 Å². The van der Waals surface area contributed by atoms with Gasteiger partial charge in [-0.1, -0.05) is 18.2 Å². The molecule has 3 N–H and O–H groups in total. The van der Waals surface area contributed by atoms with Crippen molar-refractivity contribution >= 4 is 11.6 Å². The molecule has 1 unspecified atom stereocenters. The first-order valence-electron chi connectivity index (χ1n) is 5.60. The molecule has 1 aromatic carbocycles. The van der Waals surface area contributed by atoms with Gasteiger partial charge in [-0.15, -0.1) is 0 Å². The van der Waals surface area contributed by atoms with Crippen LogP contribution in [-0.4, -0.2) is 24.8 Å². The molecule has 7 heteroatoms. The quantitative estimate of drug-likeness (QED) is 0.865. The normalized spacial score (nSPS) is 13.1. The zero-order valence-electron chi connectivity index (χ0n) is 10.3. The maximum atomic E-state index is 12.0. The van der Waals surface area contributed by atoms with Crippen LogP contribution in [0.3, 0.4) is 0 Å². The minimum absolute atomic E-state index is 0.217. The summed E-state index contributed by atoms with van der Waals surface area (Å²) < 4.78 is 40.3. The molecule has 106 valence electrons. The van der Waals surface area contributed by atoms with Gasteiger partial charge in [-0.05, 0) is 18.6 Å². The average Bonchev–Trinajstić information content (AvgIpc) is 2.35. The van der Waals surface area contributed by atoms with E-state index in [1.54, 1.807) is 24.3 Å². The van der Waals surface area contributed by atoms with Crippen molar-refractivity contribution in [2.24, 2.45) is 5.73 Å². The number of anilines is 1. The number of carbonyl (C=O) groups excluding carboxylic acids is 1. The summed E-state index contributed by atoms with van der Waals surface area (Å²) in [5.74, 6) is -0.648. The van der Waals surface area contributed by atoms with Gasteiger partial charge in [0.2, 0.25) is 0 Å². The fourth-order valence-electron chi connectivity index (χ4n) is 1.35. The van der Waals surface area contributed by atoms with Gasteiger partial charge < -0.3 is 15.8 Å². The number of nitrogens with one attached hydrogen (secondary N) is 1. The van der Waals surface area contributed by atoms with Crippen LogP contribution in [0.5, 0.6) is 0 Å². The third-order valence-electron chi connectivity index (χ3n) is 2.36. The number of hydrogen-bond acceptors (Lipinski definition) is 3. The molecule has 1 rings (SSSR count). The van der Waals surface area contributed by atoms with Gasteiger partial charge in [-0.25, -0.2) is 0 Å². The van der Waals surface area contributed by atoms with Gasteiger partial charge >= 0.3 is 6.18 Å². The van der Waals surface area contributed by atoms with E-state index < -0.39 is 24.8 Å². The van der Waals surface area contributed by atoms with Crippen LogP contribution in [0.15, 0.2) is 24.3 Å². The van der Waals surface area contributed by atoms with Gasteiger partial charge in [0.1, 0.15) is 12.7 Å². The third kappa shape index (κ3) is 5.27. The van der Waals surface area contributed by atoms with Gasteiger partial charge in [-0.3, -0.25) is 4.79 Å². The molecule has 19 heavy (non-hydrogen) atoms. The summed E-state index contributed by atoms with van der Waals surface area (Å²) in [5.41, 5.74) is 6.65. The Hall–Kier alpha value is -1.60. The van der Waals surface area contributed by atoms with Crippen molar-refractivity contribution in [1.82, 2.24) is 0 Å². The minimum Gasteiger partial charge on any atom is -0.359 e. The summed E-state index contributed by atoms with van der Waals surface area (Å²) in [6.07, 6.45) is -5.66. The Morgan fingerprint density at radius 3 is 2.63 bits per heavy atom. The van der Waals surface area contributed by atoms with Crippen LogP contribution in [0.1, 0.15) is 12.5 Å². The number of para-hydroxylation sites is 1. The fraction of sp³-hybridized carbons (Fsp3) is 0.417. The van der Waals surface area contributed by atoms with Crippen LogP contribution >= 0.6 is 0 Å². The Morgan fingerprint density at radius 2 is 2.05 bits per heavy atom. The molecule has 0 aliphatic heterocycles. The molecule has 4 nitrogen and oxygen atoms in total. The number of ether oxygens (including phenoxy) is 1. The Labute approximate surface area is 108 Å². The molecule has 1 amide bonds. The van der Waals surface area contributed by atoms with E-state index in [2.05, 4.69) is 10.1 Å². The van der Waals surface area contributed by atoms with Gasteiger partial charge in [0.15, 0.2) is 0 Å². The van der Waals surface area contributed by atoms with Crippen molar-refractivity contribution in [3.63, 3.8) is 0 Å². The molecule has 0 radical (unpaired) electrons. The molecule has 0 bridgehead atoms. The number of nitrogens with two attached hydrogens (primary N) is 1. The van der Waals surface area contributed by atoms with E-state index in [0.717, 1.165) is 0 Å². The third-order valence-corrected chi connectivity index (χ3v) is 2.36. The topological polar surface area (TPSA) is 64.3 Å². The molecule has 0 saturated heterocycles. The zero-order valence-corrected chi connectivity index (χ0v) is 10.3. The average molecular weight is 276 g/mol. The highest BCUT2D eigenvalue weighted by atomic mass is 19.4. The first kappa shape index (κ1) is 15.5. The summed E-state index contributed by atoms with van der Waals surface area (Å²) in [4.78, 5) is 11.7. The minimum atomic E-state index is -4.45. The molecule has 1 aromatic rings. The van der Waals surface area contributed by atoms with Crippen LogP contribution in [0.25, 0.3) is 0 Å². The van der Waals surface area contributed by atoms with E-state index in [0.29, 0.717) is 11.3 Å². The molecule has 0 saturated carbocycles. The second kappa shape index (κ2) is 6.53. The van der Waals surface area contributed by atoms with Crippen molar-refractivity contribution < 1.29 is 22.7 Å². The zero-order chi connectivity index (χ0) is 14.5. The lowest BCUT2D eigenvalue weighted by Gasteiger charge is -2.16. The van der Waals surface area contributed by atoms with Gasteiger partial charge in [0, 0.05) is 12.2 Å². The van der Waals surface area contributed by atoms with Gasteiger partial charge in [0.25, 0.3) is 5.91 Å². The Kier molecular flexibility index (Phi) is 5.31. The van der Waals surface area contributed by atoms with E-state index >= 15 is 0 Å². The number of hydrogen-bond donors (Lipinski definition) is 2. The Bertz CT molecular complexity index is 435. The van der Waals surface area contributed by atoms with Crippen molar-refractivity contribution in [2.45, 2.75) is 25.7 Å². The molecule has 0 aliphatic carbocycles. The van der Waals surface area contributed by atoms with Crippen LogP contribution in [0, 0.1) is 0 Å². The Morgan fingerprint density at radius 1 is 1.42 bits per heavy atom. The molecular weight excluding hydrogens is 261 g/mol. The number of benzene rings is 1. The lowest BCUT2D eigenvalue weighted by molar-refractivity contribution is -0.184. The largest absolute Gasteiger partial charge is 0.411 e. The number of alkyl halides is 3. The highest BCUT2D eigenvalue weighted by Crippen LogP contribution is 2.17. The first-order valence-corrected chi connectivity index (χ1v) is 5.60. The highest BCUT2D eigenvalue weighted by Gasteiger charge is 2.30. The SMILES string of the molecule is CC(OCC(F)(F)F)C(=O)Nc1ccccc1CN. The maximum absolute atomic E-state index is 12.0. The highest BCUT2D eigenvalue weighted by molar-refractivity contribution is 5.94. The monoisotopic (exact) mass is 276 g/mol. The van der Waals surface area contributed by atoms with E-state index in [1.807, 2.05) is 0 Å². The fourth-order valence-corrected chi connectivity index (χ4v) is 1.35. The maximum Gasteiger partial charge on any atom is 0.411 e. The summed E-state index contributed by atoms with van der Waals surface area (Å²) in [7, 11) is 0. The van der Waals surface area contributed by atoms with Crippen LogP contribution in [0.4, 0.5) is 18.9 Å². The van der Waals surface area contributed by atoms with Crippen LogP contribution in [-0.2, 0) is 16.1 Å². The standard InChI is InChI=1S/C12H15F3N2O2/c1-8(19-7-12(13,14)15)11(18)17-10-5-3-2-4-9(10)6-16/h2-5,8H,6-7,16H2,1H3,(H,17,18). The molecule has 1 atom stereocenters. The number of rotatable bonds is 5. The smallest absolute Gasteiger partial charge is 0.359 e. The lowest BCUT2D eigenvalue weighted by atomic mass is 10.1. The molecule has 0 aromatic heterocycles. The second-order valence-electron chi connectivity index (χ2n) is 3.92. The molecular formula is C12H15F3N2O2. The predicted molar refractivity (Wildman–Crippen MR) is 64.4 cm³/mol. The summed E-state index contributed by atoms with van der Waals surface area (Å²) in [6, 6.07) is 6.78. The van der Waals surface area contributed by atoms with E-state index in [1.165, 1.54) is 6.92 Å². The van der Waals surface area contributed by atoms with Crippen molar-refractivity contribution in [3.05, 3.63) is 29.8 Å². The van der Waals surface area contributed by atoms with Crippen LogP contribution < -0.4 is 11.1 Å². The van der Waals surface area contributed by atoms with Crippen molar-refractivity contribution in [2.75, 3.05) is 11.9 Å². The predicted octanol–water partition coefficient (Wildman–Crippen LogP) is 2.05.